The molecule has 3 aromatic rings. The van der Waals surface area contributed by atoms with Crippen LogP contribution < -0.4 is 16.0 Å². The lowest BCUT2D eigenvalue weighted by molar-refractivity contribution is -0.121. The van der Waals surface area contributed by atoms with E-state index in [9.17, 15) is 4.79 Å². The van der Waals surface area contributed by atoms with Crippen LogP contribution in [-0.2, 0) is 4.79 Å². The molecule has 1 heterocycles. The van der Waals surface area contributed by atoms with Gasteiger partial charge in [0.2, 0.25) is 5.91 Å². The fraction of sp³-hybridized carbons (Fsp3) is 0.227. The Hall–Kier alpha value is -3.43. The van der Waals surface area contributed by atoms with Gasteiger partial charge < -0.3 is 16.0 Å². The smallest absolute Gasteiger partial charge is 0.244 e. The zero-order chi connectivity index (χ0) is 20.1. The number of carbonyl (C=O) groups excluding carboxylic acids is 1. The second-order valence-electron chi connectivity index (χ2n) is 6.91. The Morgan fingerprint density at radius 3 is 2.71 bits per heavy atom. The highest BCUT2D eigenvalue weighted by Gasteiger charge is 2.26. The lowest BCUT2D eigenvalue weighted by Crippen LogP contribution is -2.49. The molecule has 0 unspecified atom stereocenters. The van der Waals surface area contributed by atoms with Crippen LogP contribution in [0.5, 0.6) is 0 Å². The van der Waals surface area contributed by atoms with Crippen LogP contribution in [0.15, 0.2) is 48.8 Å². The summed E-state index contributed by atoms with van der Waals surface area (Å²) in [6, 6.07) is 13.1. The van der Waals surface area contributed by atoms with Crippen molar-refractivity contribution in [3.63, 3.8) is 0 Å². The first-order chi connectivity index (χ1) is 13.4. The van der Waals surface area contributed by atoms with E-state index in [4.69, 9.17) is 6.42 Å². The van der Waals surface area contributed by atoms with Gasteiger partial charge in [-0.15, -0.1) is 6.42 Å². The Labute approximate surface area is 164 Å². The van der Waals surface area contributed by atoms with Crippen LogP contribution in [0.2, 0.25) is 0 Å². The summed E-state index contributed by atoms with van der Waals surface area (Å²) in [6.45, 7) is 6.37. The summed E-state index contributed by atoms with van der Waals surface area (Å²) in [6.07, 6.45) is 6.98. The largest absolute Gasteiger partial charge is 0.340 e. The number of carbonyl (C=O) groups is 1. The normalized spacial score (nSPS) is 11.1. The van der Waals surface area contributed by atoms with Crippen LogP contribution in [0.1, 0.15) is 26.3 Å². The molecule has 0 aliphatic heterocycles. The SMILES string of the molecule is C#Cc1cccc(Nc2ncnc3ccc(NC(=O)C(C)(C)NCC)cc23)c1. The van der Waals surface area contributed by atoms with Gasteiger partial charge in [-0.1, -0.05) is 18.9 Å². The summed E-state index contributed by atoms with van der Waals surface area (Å²) in [4.78, 5) is 21.2. The van der Waals surface area contributed by atoms with E-state index in [2.05, 4.69) is 31.8 Å². The number of terminal acetylenes is 1. The molecular formula is C22H23N5O. The maximum atomic E-state index is 12.6. The molecule has 6 heteroatoms. The molecule has 0 spiro atoms. The monoisotopic (exact) mass is 373 g/mol. The summed E-state index contributed by atoms with van der Waals surface area (Å²) in [5, 5.41) is 10.2. The molecule has 3 rings (SSSR count). The van der Waals surface area contributed by atoms with Gasteiger partial charge in [0, 0.05) is 22.3 Å². The summed E-state index contributed by atoms with van der Waals surface area (Å²) in [7, 11) is 0. The Morgan fingerprint density at radius 1 is 1.14 bits per heavy atom. The maximum Gasteiger partial charge on any atom is 0.244 e. The van der Waals surface area contributed by atoms with E-state index in [0.717, 1.165) is 22.2 Å². The molecule has 3 N–H and O–H groups in total. The minimum Gasteiger partial charge on any atom is -0.340 e. The quantitative estimate of drug-likeness (QED) is 0.575. The average Bonchev–Trinajstić information content (AvgIpc) is 2.68. The Kier molecular flexibility index (Phi) is 5.57. The van der Waals surface area contributed by atoms with Crippen molar-refractivity contribution in [2.24, 2.45) is 0 Å². The maximum absolute atomic E-state index is 12.6. The molecule has 0 aliphatic rings. The van der Waals surface area contributed by atoms with Crippen LogP contribution in [0.4, 0.5) is 17.2 Å². The van der Waals surface area contributed by atoms with Gasteiger partial charge in [0.25, 0.3) is 0 Å². The number of fused-ring (bicyclic) bond motifs is 1. The third-order valence-corrected chi connectivity index (χ3v) is 4.37. The number of nitrogens with one attached hydrogen (secondary N) is 3. The van der Waals surface area contributed by atoms with Gasteiger partial charge in [-0.3, -0.25) is 4.79 Å². The van der Waals surface area contributed by atoms with Crippen molar-refractivity contribution < 1.29 is 4.79 Å². The highest BCUT2D eigenvalue weighted by molar-refractivity contribution is 6.00. The standard InChI is InChI=1S/C22H23N5O/c1-5-15-8-7-9-16(12-15)26-20-18-13-17(10-11-19(18)23-14-24-20)27-21(28)22(3,4)25-6-2/h1,7-14,25H,6H2,2-4H3,(H,27,28)(H,23,24,26). The Morgan fingerprint density at radius 2 is 1.96 bits per heavy atom. The van der Waals surface area contributed by atoms with Crippen molar-refractivity contribution in [2.75, 3.05) is 17.2 Å². The van der Waals surface area contributed by atoms with E-state index in [1.807, 2.05) is 63.2 Å². The number of amides is 1. The molecule has 0 bridgehead atoms. The molecular weight excluding hydrogens is 350 g/mol. The van der Waals surface area contributed by atoms with Gasteiger partial charge in [-0.2, -0.15) is 0 Å². The zero-order valence-electron chi connectivity index (χ0n) is 16.2. The van der Waals surface area contributed by atoms with E-state index >= 15 is 0 Å². The van der Waals surface area contributed by atoms with E-state index < -0.39 is 5.54 Å². The fourth-order valence-electron chi connectivity index (χ4n) is 2.87. The van der Waals surface area contributed by atoms with Crippen molar-refractivity contribution in [1.82, 2.24) is 15.3 Å². The van der Waals surface area contributed by atoms with Crippen LogP contribution in [0, 0.1) is 12.3 Å². The Bertz CT molecular complexity index is 1050. The van der Waals surface area contributed by atoms with Gasteiger partial charge in [0.15, 0.2) is 0 Å². The summed E-state index contributed by atoms with van der Waals surface area (Å²) < 4.78 is 0. The summed E-state index contributed by atoms with van der Waals surface area (Å²) in [5.74, 6) is 3.15. The third kappa shape index (κ3) is 4.27. The number of anilines is 3. The van der Waals surface area contributed by atoms with E-state index in [1.165, 1.54) is 6.33 Å². The number of nitrogens with zero attached hydrogens (tertiary/aromatic N) is 2. The molecule has 0 radical (unpaired) electrons. The predicted molar refractivity (Wildman–Crippen MR) is 114 cm³/mol. The zero-order valence-corrected chi connectivity index (χ0v) is 16.2. The molecule has 0 saturated carbocycles. The van der Waals surface area contributed by atoms with Gasteiger partial charge in [-0.05, 0) is 56.8 Å². The predicted octanol–water partition coefficient (Wildman–Crippen LogP) is 3.68. The number of hydrogen-bond acceptors (Lipinski definition) is 5. The van der Waals surface area contributed by atoms with Gasteiger partial charge in [0.1, 0.15) is 12.1 Å². The van der Waals surface area contributed by atoms with Crippen molar-refractivity contribution in [1.29, 1.82) is 0 Å². The Balaban J connectivity index is 1.91. The second-order valence-corrected chi connectivity index (χ2v) is 6.91. The molecule has 2 aromatic carbocycles. The molecule has 142 valence electrons. The third-order valence-electron chi connectivity index (χ3n) is 4.37. The number of hydrogen-bond donors (Lipinski definition) is 3. The molecule has 0 atom stereocenters. The topological polar surface area (TPSA) is 78.9 Å². The fourth-order valence-corrected chi connectivity index (χ4v) is 2.87. The van der Waals surface area contributed by atoms with Crippen LogP contribution in [0.3, 0.4) is 0 Å². The number of rotatable bonds is 6. The summed E-state index contributed by atoms with van der Waals surface area (Å²) in [5.41, 5.74) is 2.39. The molecule has 1 amide bonds. The molecule has 0 saturated heterocycles. The van der Waals surface area contributed by atoms with Crippen molar-refractivity contribution in [2.45, 2.75) is 26.3 Å². The number of benzene rings is 2. The highest BCUT2D eigenvalue weighted by atomic mass is 16.2. The lowest BCUT2D eigenvalue weighted by atomic mass is 10.0. The molecule has 1 aromatic heterocycles. The van der Waals surface area contributed by atoms with Crippen molar-refractivity contribution >= 4 is 34.0 Å². The van der Waals surface area contributed by atoms with Gasteiger partial charge >= 0.3 is 0 Å². The highest BCUT2D eigenvalue weighted by Crippen LogP contribution is 2.26. The summed E-state index contributed by atoms with van der Waals surface area (Å²) >= 11 is 0. The van der Waals surface area contributed by atoms with Crippen LogP contribution in [-0.4, -0.2) is 28.0 Å². The van der Waals surface area contributed by atoms with E-state index in [1.54, 1.807) is 0 Å². The van der Waals surface area contributed by atoms with E-state index in [-0.39, 0.29) is 5.91 Å². The van der Waals surface area contributed by atoms with Gasteiger partial charge in [-0.25, -0.2) is 9.97 Å². The lowest BCUT2D eigenvalue weighted by Gasteiger charge is -2.24. The molecule has 28 heavy (non-hydrogen) atoms. The number of aromatic nitrogens is 2. The minimum absolute atomic E-state index is 0.109. The first kappa shape index (κ1) is 19.3. The molecule has 6 nitrogen and oxygen atoms in total. The first-order valence-corrected chi connectivity index (χ1v) is 9.08. The average molecular weight is 373 g/mol. The van der Waals surface area contributed by atoms with Crippen molar-refractivity contribution in [3.05, 3.63) is 54.4 Å². The number of likely N-dealkylation sites (N-methyl/N-ethyl adjacent to an activating group) is 1. The first-order valence-electron chi connectivity index (χ1n) is 9.08. The minimum atomic E-state index is -0.673. The van der Waals surface area contributed by atoms with Crippen LogP contribution in [0.25, 0.3) is 10.9 Å². The van der Waals surface area contributed by atoms with Crippen molar-refractivity contribution in [3.8, 4) is 12.3 Å². The van der Waals surface area contributed by atoms with Gasteiger partial charge in [0.05, 0.1) is 11.1 Å². The molecule has 0 aliphatic carbocycles. The second kappa shape index (κ2) is 8.07. The van der Waals surface area contributed by atoms with E-state index in [0.29, 0.717) is 18.1 Å². The van der Waals surface area contributed by atoms with Crippen LogP contribution >= 0.6 is 0 Å². The molecule has 0 fully saturated rings.